The van der Waals surface area contributed by atoms with E-state index in [1.807, 2.05) is 0 Å². The van der Waals surface area contributed by atoms with Crippen molar-refractivity contribution in [3.63, 3.8) is 0 Å². The first-order valence-electron chi connectivity index (χ1n) is 13.3. The van der Waals surface area contributed by atoms with E-state index in [2.05, 4.69) is 103 Å². The molecule has 1 heterocycles. The second-order valence-corrected chi connectivity index (χ2v) is 10.1. The molecule has 3 aliphatic carbocycles. The molecule has 0 bridgehead atoms. The summed E-state index contributed by atoms with van der Waals surface area (Å²) in [5.74, 6) is 1.05. The van der Waals surface area contributed by atoms with Crippen LogP contribution in [-0.2, 0) is 6.42 Å². The summed E-state index contributed by atoms with van der Waals surface area (Å²) in [5, 5.41) is 5.47. The van der Waals surface area contributed by atoms with Gasteiger partial charge in [-0.3, -0.25) is 4.57 Å². The van der Waals surface area contributed by atoms with Gasteiger partial charge in [-0.15, -0.1) is 0 Å². The van der Waals surface area contributed by atoms with Gasteiger partial charge < -0.3 is 0 Å². The Hall–Kier alpha value is -3.91. The summed E-state index contributed by atoms with van der Waals surface area (Å²) in [5.41, 5.74) is 8.87. The van der Waals surface area contributed by atoms with Crippen LogP contribution >= 0.6 is 0 Å². The van der Waals surface area contributed by atoms with E-state index in [-0.39, 0.29) is 0 Å². The van der Waals surface area contributed by atoms with Gasteiger partial charge in [-0.25, -0.2) is 4.98 Å². The first-order chi connectivity index (χ1) is 17.8. The molecule has 1 aromatic heterocycles. The second kappa shape index (κ2) is 8.64. The molecule has 0 N–H and O–H groups in total. The predicted molar refractivity (Wildman–Crippen MR) is 153 cm³/mol. The molecule has 0 atom stereocenters. The SMILES string of the molecule is Cc1c2c(c(-c3cccc(-c4nc5c(n4C4=CCCC=C4)C=CCC5)c3)c3ccccc13)=CCCC=2. The van der Waals surface area contributed by atoms with Gasteiger partial charge in [0.1, 0.15) is 5.82 Å². The van der Waals surface area contributed by atoms with E-state index in [0.717, 1.165) is 44.3 Å². The number of allylic oxidation sites excluding steroid dienone is 5. The van der Waals surface area contributed by atoms with Crippen molar-refractivity contribution in [3.05, 3.63) is 100 Å². The Balaban J connectivity index is 1.49. The first-order valence-corrected chi connectivity index (χ1v) is 13.3. The Labute approximate surface area is 212 Å². The average Bonchev–Trinajstić information content (AvgIpc) is 3.34. The highest BCUT2D eigenvalue weighted by molar-refractivity contribution is 6.00. The molecule has 7 rings (SSSR count). The van der Waals surface area contributed by atoms with Gasteiger partial charge in [0, 0.05) is 11.3 Å². The van der Waals surface area contributed by atoms with E-state index < -0.39 is 0 Å². The van der Waals surface area contributed by atoms with Gasteiger partial charge >= 0.3 is 0 Å². The molecule has 0 amide bonds. The lowest BCUT2D eigenvalue weighted by molar-refractivity contribution is 0.936. The van der Waals surface area contributed by atoms with Crippen molar-refractivity contribution in [2.24, 2.45) is 0 Å². The summed E-state index contributed by atoms with van der Waals surface area (Å²) in [6.45, 7) is 2.28. The Morgan fingerprint density at radius 1 is 0.722 bits per heavy atom. The monoisotopic (exact) mass is 466 g/mol. The molecule has 176 valence electrons. The first kappa shape index (κ1) is 21.4. The van der Waals surface area contributed by atoms with Crippen molar-refractivity contribution in [2.75, 3.05) is 0 Å². The number of aromatic nitrogens is 2. The van der Waals surface area contributed by atoms with Crippen LogP contribution in [-0.4, -0.2) is 9.55 Å². The molecule has 0 fully saturated rings. The topological polar surface area (TPSA) is 17.8 Å². The van der Waals surface area contributed by atoms with Crippen molar-refractivity contribution >= 4 is 34.7 Å². The van der Waals surface area contributed by atoms with Crippen molar-refractivity contribution in [1.29, 1.82) is 0 Å². The molecule has 3 aliphatic rings. The van der Waals surface area contributed by atoms with Gasteiger partial charge in [0.05, 0.1) is 11.4 Å². The minimum absolute atomic E-state index is 1.00. The molecule has 3 aromatic carbocycles. The summed E-state index contributed by atoms with van der Waals surface area (Å²) in [6, 6.07) is 18.0. The summed E-state index contributed by atoms with van der Waals surface area (Å²) in [6.07, 6.45) is 22.8. The standard InChI is InChI=1S/C34H30N2/c1-23-27-16-5-7-18-29(27)33(30-19-8-6-17-28(23)30)24-12-11-13-25(22-24)34-35-31-20-9-10-21-32(31)36(34)26-14-3-2-4-15-26/h3,5,7,10-19,21-22H,2,4,6,8-9,20H2,1H3. The summed E-state index contributed by atoms with van der Waals surface area (Å²) < 4.78 is 2.38. The molecular formula is C34H30N2. The van der Waals surface area contributed by atoms with Gasteiger partial charge in [-0.2, -0.15) is 0 Å². The van der Waals surface area contributed by atoms with Crippen molar-refractivity contribution in [1.82, 2.24) is 9.55 Å². The number of nitrogens with zero attached hydrogens (tertiary/aromatic N) is 2. The molecule has 0 radical (unpaired) electrons. The summed E-state index contributed by atoms with van der Waals surface area (Å²) in [7, 11) is 0. The largest absolute Gasteiger partial charge is 0.293 e. The summed E-state index contributed by atoms with van der Waals surface area (Å²) >= 11 is 0. The fourth-order valence-electron chi connectivity index (χ4n) is 6.18. The van der Waals surface area contributed by atoms with E-state index >= 15 is 0 Å². The quantitative estimate of drug-likeness (QED) is 0.313. The van der Waals surface area contributed by atoms with Gasteiger partial charge in [0.2, 0.25) is 0 Å². The van der Waals surface area contributed by atoms with Crippen LogP contribution in [0.2, 0.25) is 0 Å². The maximum Gasteiger partial charge on any atom is 0.145 e. The molecule has 4 aromatic rings. The van der Waals surface area contributed by atoms with E-state index in [0.29, 0.717) is 0 Å². The van der Waals surface area contributed by atoms with Crippen LogP contribution < -0.4 is 10.4 Å². The molecule has 0 saturated carbocycles. The minimum Gasteiger partial charge on any atom is -0.293 e. The Morgan fingerprint density at radius 2 is 1.50 bits per heavy atom. The minimum atomic E-state index is 1.00. The zero-order chi connectivity index (χ0) is 24.1. The van der Waals surface area contributed by atoms with Crippen LogP contribution in [0.4, 0.5) is 0 Å². The van der Waals surface area contributed by atoms with Gasteiger partial charge in [-0.1, -0.05) is 72.8 Å². The van der Waals surface area contributed by atoms with Crippen LogP contribution in [0.5, 0.6) is 0 Å². The Kier molecular flexibility index (Phi) is 5.13. The molecular weight excluding hydrogens is 436 g/mol. The highest BCUT2D eigenvalue weighted by Crippen LogP contribution is 2.34. The average molecular weight is 467 g/mol. The lowest BCUT2D eigenvalue weighted by atomic mass is 9.88. The third-order valence-corrected chi connectivity index (χ3v) is 7.88. The number of hydrogen-bond acceptors (Lipinski definition) is 1. The number of hydrogen-bond donors (Lipinski definition) is 0. The zero-order valence-corrected chi connectivity index (χ0v) is 20.8. The molecule has 2 nitrogen and oxygen atoms in total. The van der Waals surface area contributed by atoms with E-state index in [4.69, 9.17) is 4.98 Å². The normalized spacial score (nSPS) is 16.2. The lowest BCUT2D eigenvalue weighted by Crippen LogP contribution is -2.31. The number of aryl methyl sites for hydroxylation is 2. The Morgan fingerprint density at radius 3 is 2.36 bits per heavy atom. The number of rotatable bonds is 3. The lowest BCUT2D eigenvalue weighted by Gasteiger charge is -2.17. The number of benzene rings is 3. The van der Waals surface area contributed by atoms with Gasteiger partial charge in [0.15, 0.2) is 0 Å². The highest BCUT2D eigenvalue weighted by Gasteiger charge is 2.21. The molecule has 0 spiro atoms. The maximum atomic E-state index is 5.22. The zero-order valence-electron chi connectivity index (χ0n) is 20.8. The second-order valence-electron chi connectivity index (χ2n) is 10.1. The number of imidazole rings is 1. The fourth-order valence-corrected chi connectivity index (χ4v) is 6.18. The van der Waals surface area contributed by atoms with Crippen LogP contribution in [0, 0.1) is 6.92 Å². The smallest absolute Gasteiger partial charge is 0.145 e. The van der Waals surface area contributed by atoms with Crippen LogP contribution in [0.15, 0.2) is 72.8 Å². The molecule has 0 saturated heterocycles. The van der Waals surface area contributed by atoms with Crippen molar-refractivity contribution < 1.29 is 0 Å². The van der Waals surface area contributed by atoms with Crippen LogP contribution in [0.25, 0.3) is 57.2 Å². The van der Waals surface area contributed by atoms with E-state index in [9.17, 15) is 0 Å². The predicted octanol–water partition coefficient (Wildman–Crippen LogP) is 7.18. The van der Waals surface area contributed by atoms with Crippen LogP contribution in [0.1, 0.15) is 49.1 Å². The summed E-state index contributed by atoms with van der Waals surface area (Å²) in [4.78, 5) is 5.22. The maximum absolute atomic E-state index is 5.22. The number of fused-ring (bicyclic) bond motifs is 3. The third kappa shape index (κ3) is 3.36. The molecule has 36 heavy (non-hydrogen) atoms. The third-order valence-electron chi connectivity index (χ3n) is 7.88. The molecule has 0 aliphatic heterocycles. The van der Waals surface area contributed by atoms with Gasteiger partial charge in [0.25, 0.3) is 0 Å². The van der Waals surface area contributed by atoms with Crippen LogP contribution in [0.3, 0.4) is 0 Å². The molecule has 0 unspecified atom stereocenters. The van der Waals surface area contributed by atoms with E-state index in [1.165, 1.54) is 60.5 Å². The highest BCUT2D eigenvalue weighted by atomic mass is 15.1. The van der Waals surface area contributed by atoms with Gasteiger partial charge in [-0.05, 0) is 102 Å². The van der Waals surface area contributed by atoms with E-state index in [1.54, 1.807) is 0 Å². The molecule has 2 heteroatoms. The van der Waals surface area contributed by atoms with Crippen molar-refractivity contribution in [2.45, 2.75) is 45.4 Å². The fraction of sp³-hybridized carbons (Fsp3) is 0.206. The Bertz CT molecular complexity index is 1740. The van der Waals surface area contributed by atoms with Crippen molar-refractivity contribution in [3.8, 4) is 22.5 Å².